The van der Waals surface area contributed by atoms with Gasteiger partial charge in [0.05, 0.1) is 33.2 Å². The predicted octanol–water partition coefficient (Wildman–Crippen LogP) is 3.52. The molecule has 6 nitrogen and oxygen atoms in total. The van der Waals surface area contributed by atoms with Gasteiger partial charge in [-0.05, 0) is 48.0 Å². The van der Waals surface area contributed by atoms with Gasteiger partial charge in [0, 0.05) is 0 Å². The number of carbonyl (C=O) groups excluding carboxylic acids is 1. The van der Waals surface area contributed by atoms with E-state index in [9.17, 15) is 4.79 Å². The number of amides is 1. The Bertz CT molecular complexity index is 887. The summed E-state index contributed by atoms with van der Waals surface area (Å²) in [7, 11) is 1.62. The number of aryl methyl sites for hydroxylation is 1. The summed E-state index contributed by atoms with van der Waals surface area (Å²) in [5.74, 6) is 0.612. The monoisotopic (exact) mass is 394 g/mol. The molecule has 2 heterocycles. The van der Waals surface area contributed by atoms with E-state index in [1.54, 1.807) is 11.8 Å². The summed E-state index contributed by atoms with van der Waals surface area (Å²) in [6, 6.07) is 5.63. The molecule has 1 N–H and O–H groups in total. The van der Waals surface area contributed by atoms with E-state index >= 15 is 0 Å². The first-order chi connectivity index (χ1) is 11.0. The SMILES string of the molecule is COc1ccc2nc(NC(=O)Cn3nc(C)c(Br)c3C)sc2c1. The minimum Gasteiger partial charge on any atom is -0.497 e. The van der Waals surface area contributed by atoms with Crippen molar-refractivity contribution < 1.29 is 9.53 Å². The summed E-state index contributed by atoms with van der Waals surface area (Å²) < 4.78 is 8.76. The first-order valence-corrected chi connectivity index (χ1v) is 8.53. The van der Waals surface area contributed by atoms with Crippen molar-refractivity contribution in [1.29, 1.82) is 0 Å². The Hall–Kier alpha value is -1.93. The third kappa shape index (κ3) is 3.23. The fourth-order valence-electron chi connectivity index (χ4n) is 2.21. The number of hydrogen-bond donors (Lipinski definition) is 1. The molecule has 0 atom stereocenters. The Morgan fingerprint density at radius 3 is 2.87 bits per heavy atom. The molecule has 2 aromatic heterocycles. The number of methoxy groups -OCH3 is 1. The van der Waals surface area contributed by atoms with Crippen molar-refractivity contribution >= 4 is 48.5 Å². The maximum absolute atomic E-state index is 12.2. The van der Waals surface area contributed by atoms with Gasteiger partial charge in [0.2, 0.25) is 5.91 Å². The molecule has 0 saturated heterocycles. The first-order valence-electron chi connectivity index (χ1n) is 6.92. The topological polar surface area (TPSA) is 69.0 Å². The molecule has 0 saturated carbocycles. The highest BCUT2D eigenvalue weighted by molar-refractivity contribution is 9.10. The quantitative estimate of drug-likeness (QED) is 0.734. The van der Waals surface area contributed by atoms with E-state index in [4.69, 9.17) is 4.74 Å². The van der Waals surface area contributed by atoms with Gasteiger partial charge >= 0.3 is 0 Å². The van der Waals surface area contributed by atoms with Gasteiger partial charge < -0.3 is 10.1 Å². The zero-order chi connectivity index (χ0) is 16.6. The van der Waals surface area contributed by atoms with Crippen LogP contribution in [0.25, 0.3) is 10.2 Å². The van der Waals surface area contributed by atoms with Crippen molar-refractivity contribution in [2.45, 2.75) is 20.4 Å². The number of carbonyl (C=O) groups is 1. The Kier molecular flexibility index (Phi) is 4.36. The van der Waals surface area contributed by atoms with Gasteiger partial charge in [-0.2, -0.15) is 5.10 Å². The molecule has 3 aromatic rings. The second-order valence-electron chi connectivity index (χ2n) is 5.04. The fourth-order valence-corrected chi connectivity index (χ4v) is 3.40. The fraction of sp³-hybridized carbons (Fsp3) is 0.267. The summed E-state index contributed by atoms with van der Waals surface area (Å²) in [5.41, 5.74) is 2.62. The van der Waals surface area contributed by atoms with Crippen molar-refractivity contribution in [2.75, 3.05) is 12.4 Å². The highest BCUT2D eigenvalue weighted by Crippen LogP contribution is 2.29. The highest BCUT2D eigenvalue weighted by atomic mass is 79.9. The number of thiazole rings is 1. The number of hydrogen-bond acceptors (Lipinski definition) is 5. The summed E-state index contributed by atoms with van der Waals surface area (Å²) in [6.45, 7) is 3.96. The van der Waals surface area contributed by atoms with Crippen molar-refractivity contribution in [1.82, 2.24) is 14.8 Å². The molecule has 0 fully saturated rings. The summed E-state index contributed by atoms with van der Waals surface area (Å²) in [5, 5.41) is 7.73. The second-order valence-corrected chi connectivity index (χ2v) is 6.87. The maximum atomic E-state index is 12.2. The lowest BCUT2D eigenvalue weighted by Gasteiger charge is -2.04. The van der Waals surface area contributed by atoms with Crippen LogP contribution in [0.2, 0.25) is 0 Å². The smallest absolute Gasteiger partial charge is 0.247 e. The molecular formula is C15H15BrN4O2S. The molecule has 0 bridgehead atoms. The Labute approximate surface area is 145 Å². The van der Waals surface area contributed by atoms with E-state index in [1.165, 1.54) is 11.3 Å². The van der Waals surface area contributed by atoms with Gasteiger partial charge in [-0.3, -0.25) is 9.48 Å². The Morgan fingerprint density at radius 1 is 1.43 bits per heavy atom. The van der Waals surface area contributed by atoms with E-state index in [0.717, 1.165) is 31.8 Å². The molecule has 120 valence electrons. The van der Waals surface area contributed by atoms with Crippen molar-refractivity contribution in [3.05, 3.63) is 34.1 Å². The minimum absolute atomic E-state index is 0.150. The molecule has 0 aliphatic heterocycles. The van der Waals surface area contributed by atoms with Crippen LogP contribution in [-0.4, -0.2) is 27.8 Å². The van der Waals surface area contributed by atoms with Crippen molar-refractivity contribution in [3.8, 4) is 5.75 Å². The lowest BCUT2D eigenvalue weighted by Crippen LogP contribution is -2.20. The lowest BCUT2D eigenvalue weighted by molar-refractivity contribution is -0.116. The molecular weight excluding hydrogens is 380 g/mol. The van der Waals surface area contributed by atoms with Gasteiger partial charge in [0.15, 0.2) is 5.13 Å². The van der Waals surface area contributed by atoms with Crippen LogP contribution in [0.15, 0.2) is 22.7 Å². The van der Waals surface area contributed by atoms with Crippen LogP contribution in [-0.2, 0) is 11.3 Å². The first kappa shape index (κ1) is 15.9. The van der Waals surface area contributed by atoms with Gasteiger partial charge in [-0.15, -0.1) is 0 Å². The molecule has 8 heteroatoms. The number of rotatable bonds is 4. The van der Waals surface area contributed by atoms with E-state index in [1.807, 2.05) is 32.0 Å². The summed E-state index contributed by atoms with van der Waals surface area (Å²) >= 11 is 4.87. The average Bonchev–Trinajstić information content (AvgIpc) is 3.02. The van der Waals surface area contributed by atoms with Crippen LogP contribution in [0.4, 0.5) is 5.13 Å². The summed E-state index contributed by atoms with van der Waals surface area (Å²) in [6.07, 6.45) is 0. The molecule has 3 rings (SSSR count). The average molecular weight is 395 g/mol. The van der Waals surface area contributed by atoms with Gasteiger partial charge in [-0.25, -0.2) is 4.98 Å². The molecule has 0 unspecified atom stereocenters. The van der Waals surface area contributed by atoms with Crippen LogP contribution in [0.1, 0.15) is 11.4 Å². The van der Waals surface area contributed by atoms with Gasteiger partial charge in [-0.1, -0.05) is 11.3 Å². The molecule has 0 aliphatic rings. The number of benzene rings is 1. The number of aromatic nitrogens is 3. The molecule has 0 spiro atoms. The number of halogens is 1. The molecule has 23 heavy (non-hydrogen) atoms. The van der Waals surface area contributed by atoms with Crippen LogP contribution in [0.3, 0.4) is 0 Å². The Morgan fingerprint density at radius 2 is 2.22 bits per heavy atom. The van der Waals surface area contributed by atoms with Crippen LogP contribution in [0, 0.1) is 13.8 Å². The molecule has 0 aliphatic carbocycles. The predicted molar refractivity (Wildman–Crippen MR) is 94.2 cm³/mol. The second kappa shape index (κ2) is 6.29. The van der Waals surface area contributed by atoms with Gasteiger partial charge in [0.25, 0.3) is 0 Å². The number of anilines is 1. The van der Waals surface area contributed by atoms with E-state index in [0.29, 0.717) is 5.13 Å². The van der Waals surface area contributed by atoms with Crippen molar-refractivity contribution in [3.63, 3.8) is 0 Å². The molecule has 1 amide bonds. The number of ether oxygens (including phenoxy) is 1. The van der Waals surface area contributed by atoms with Crippen LogP contribution >= 0.6 is 27.3 Å². The number of nitrogens with one attached hydrogen (secondary N) is 1. The van der Waals surface area contributed by atoms with Crippen molar-refractivity contribution in [2.24, 2.45) is 0 Å². The standard InChI is InChI=1S/C15H15BrN4O2S/c1-8-14(16)9(2)20(19-8)7-13(21)18-15-17-11-5-4-10(22-3)6-12(11)23-15/h4-6H,7H2,1-3H3,(H,17,18,21). The Balaban J connectivity index is 1.76. The normalized spacial score (nSPS) is 11.0. The van der Waals surface area contributed by atoms with E-state index in [-0.39, 0.29) is 12.5 Å². The zero-order valence-electron chi connectivity index (χ0n) is 12.9. The number of fused-ring (bicyclic) bond motifs is 1. The zero-order valence-corrected chi connectivity index (χ0v) is 15.3. The van der Waals surface area contributed by atoms with Crippen LogP contribution in [0.5, 0.6) is 5.75 Å². The highest BCUT2D eigenvalue weighted by Gasteiger charge is 2.13. The van der Waals surface area contributed by atoms with E-state index in [2.05, 4.69) is 31.3 Å². The third-order valence-electron chi connectivity index (χ3n) is 3.43. The van der Waals surface area contributed by atoms with E-state index < -0.39 is 0 Å². The van der Waals surface area contributed by atoms with Gasteiger partial charge in [0.1, 0.15) is 12.3 Å². The maximum Gasteiger partial charge on any atom is 0.247 e. The summed E-state index contributed by atoms with van der Waals surface area (Å²) in [4.78, 5) is 16.6. The van der Waals surface area contributed by atoms with Crippen LogP contribution < -0.4 is 10.1 Å². The largest absolute Gasteiger partial charge is 0.497 e. The molecule has 0 radical (unpaired) electrons. The minimum atomic E-state index is -0.158. The molecule has 1 aromatic carbocycles. The third-order valence-corrected chi connectivity index (χ3v) is 5.51. The number of nitrogens with zero attached hydrogens (tertiary/aromatic N) is 3. The lowest BCUT2D eigenvalue weighted by atomic mass is 10.3.